The molecule has 1 N–H and O–H groups in total. The van der Waals surface area contributed by atoms with E-state index in [0.717, 1.165) is 14.8 Å². The number of carbonyl (C=O) groups excluding carboxylic acids is 2. The van der Waals surface area contributed by atoms with Crippen LogP contribution < -0.4 is 9.62 Å². The number of rotatable bonds is 11. The molecule has 0 heterocycles. The molecule has 0 saturated carbocycles. The lowest BCUT2D eigenvalue weighted by Gasteiger charge is -2.32. The highest BCUT2D eigenvalue weighted by Crippen LogP contribution is 2.33. The molecule has 7 nitrogen and oxygen atoms in total. The molecule has 0 fully saturated rings. The van der Waals surface area contributed by atoms with Crippen LogP contribution in [0.2, 0.25) is 10.0 Å². The van der Waals surface area contributed by atoms with Crippen LogP contribution in [0.4, 0.5) is 10.1 Å². The van der Waals surface area contributed by atoms with Crippen molar-refractivity contribution in [2.24, 2.45) is 0 Å². The van der Waals surface area contributed by atoms with E-state index in [2.05, 4.69) is 5.32 Å². The molecule has 3 rings (SSSR count). The zero-order chi connectivity index (χ0) is 29.6. The molecule has 0 bridgehead atoms. The van der Waals surface area contributed by atoms with Crippen molar-refractivity contribution in [2.75, 3.05) is 10.8 Å². The number of halogens is 3. The predicted octanol–water partition coefficient (Wildman–Crippen LogP) is 5.97. The van der Waals surface area contributed by atoms with Gasteiger partial charge in [-0.05, 0) is 63.6 Å². The number of sulfonamides is 1. The number of anilines is 1. The van der Waals surface area contributed by atoms with E-state index < -0.39 is 40.2 Å². The average molecular weight is 609 g/mol. The lowest BCUT2D eigenvalue weighted by atomic mass is 10.1. The first-order valence-electron chi connectivity index (χ1n) is 12.7. The van der Waals surface area contributed by atoms with Crippen molar-refractivity contribution in [3.05, 3.63) is 93.7 Å². The van der Waals surface area contributed by atoms with Crippen LogP contribution in [0.5, 0.6) is 0 Å². The molecule has 0 aliphatic heterocycles. The molecule has 0 spiro atoms. The summed E-state index contributed by atoms with van der Waals surface area (Å²) < 4.78 is 43.3. The number of carbonyl (C=O) groups is 2. The third kappa shape index (κ3) is 7.53. The maximum absolute atomic E-state index is 14.6. The van der Waals surface area contributed by atoms with Crippen LogP contribution >= 0.6 is 23.2 Å². The van der Waals surface area contributed by atoms with E-state index in [1.165, 1.54) is 55.5 Å². The Labute approximate surface area is 244 Å². The molecule has 40 heavy (non-hydrogen) atoms. The number of nitrogens with one attached hydrogen (secondary N) is 1. The molecule has 0 aromatic heterocycles. The lowest BCUT2D eigenvalue weighted by molar-refractivity contribution is -0.139. The average Bonchev–Trinajstić information content (AvgIpc) is 2.92. The van der Waals surface area contributed by atoms with Crippen LogP contribution in [0.3, 0.4) is 0 Å². The molecule has 2 atom stereocenters. The van der Waals surface area contributed by atoms with Gasteiger partial charge in [0.15, 0.2) is 0 Å². The van der Waals surface area contributed by atoms with Crippen LogP contribution in [-0.4, -0.2) is 43.8 Å². The Bertz CT molecular complexity index is 1470. The fourth-order valence-electron chi connectivity index (χ4n) is 3.89. The Balaban J connectivity index is 2.08. The number of amides is 2. The first kappa shape index (κ1) is 31.4. The third-order valence-electron chi connectivity index (χ3n) is 6.53. The van der Waals surface area contributed by atoms with Crippen LogP contribution in [0.1, 0.15) is 38.3 Å². The van der Waals surface area contributed by atoms with Gasteiger partial charge in [0, 0.05) is 23.2 Å². The molecular weight excluding hydrogens is 576 g/mol. The topological polar surface area (TPSA) is 86.8 Å². The van der Waals surface area contributed by atoms with Gasteiger partial charge in [-0.15, -0.1) is 0 Å². The highest BCUT2D eigenvalue weighted by Gasteiger charge is 2.34. The summed E-state index contributed by atoms with van der Waals surface area (Å²) in [6, 6.07) is 15.1. The van der Waals surface area contributed by atoms with Gasteiger partial charge < -0.3 is 10.2 Å². The van der Waals surface area contributed by atoms with Crippen molar-refractivity contribution in [1.82, 2.24) is 10.2 Å². The van der Waals surface area contributed by atoms with Gasteiger partial charge in [0.05, 0.1) is 15.6 Å². The number of aryl methyl sites for hydroxylation is 1. The quantitative estimate of drug-likeness (QED) is 0.291. The zero-order valence-corrected chi connectivity index (χ0v) is 25.0. The SMILES string of the molecule is CC[C@@H](C)NC(=O)[C@H](C)N(Cc1ccccc1F)C(=O)CN(c1cc(Cl)ccc1Cl)S(=O)(=O)c1ccc(C)cc1. The van der Waals surface area contributed by atoms with Crippen molar-refractivity contribution >= 4 is 50.7 Å². The summed E-state index contributed by atoms with van der Waals surface area (Å²) in [5, 5.41) is 3.09. The van der Waals surface area contributed by atoms with Crippen LogP contribution in [-0.2, 0) is 26.2 Å². The normalized spacial score (nSPS) is 12.9. The summed E-state index contributed by atoms with van der Waals surface area (Å²) in [4.78, 5) is 28.1. The second-order valence-corrected chi connectivity index (χ2v) is 12.2. The monoisotopic (exact) mass is 607 g/mol. The van der Waals surface area contributed by atoms with Crippen molar-refractivity contribution in [3.63, 3.8) is 0 Å². The fourth-order valence-corrected chi connectivity index (χ4v) is 5.75. The largest absolute Gasteiger partial charge is 0.352 e. The molecule has 0 aliphatic carbocycles. The van der Waals surface area contributed by atoms with Gasteiger partial charge in [0.2, 0.25) is 11.8 Å². The van der Waals surface area contributed by atoms with Gasteiger partial charge in [-0.1, -0.05) is 66.0 Å². The van der Waals surface area contributed by atoms with Gasteiger partial charge in [-0.2, -0.15) is 0 Å². The lowest BCUT2D eigenvalue weighted by Crippen LogP contribution is -2.52. The minimum Gasteiger partial charge on any atom is -0.352 e. The minimum atomic E-state index is -4.32. The molecule has 0 aliphatic rings. The Hall–Kier alpha value is -3.14. The third-order valence-corrected chi connectivity index (χ3v) is 8.86. The van der Waals surface area contributed by atoms with Crippen LogP contribution in [0.15, 0.2) is 71.6 Å². The molecule has 214 valence electrons. The minimum absolute atomic E-state index is 0.00866. The van der Waals surface area contributed by atoms with Gasteiger partial charge in [-0.25, -0.2) is 12.8 Å². The summed E-state index contributed by atoms with van der Waals surface area (Å²) >= 11 is 12.6. The summed E-state index contributed by atoms with van der Waals surface area (Å²) in [5.74, 6) is -1.74. The van der Waals surface area contributed by atoms with Gasteiger partial charge in [-0.3, -0.25) is 13.9 Å². The number of hydrogen-bond acceptors (Lipinski definition) is 4. The van der Waals surface area contributed by atoms with Crippen molar-refractivity contribution < 1.29 is 22.4 Å². The van der Waals surface area contributed by atoms with Crippen LogP contribution in [0.25, 0.3) is 0 Å². The zero-order valence-electron chi connectivity index (χ0n) is 22.7. The Morgan fingerprint density at radius 1 is 1.00 bits per heavy atom. The van der Waals surface area contributed by atoms with Gasteiger partial charge in [0.25, 0.3) is 10.0 Å². The maximum Gasteiger partial charge on any atom is 0.264 e. The smallest absolute Gasteiger partial charge is 0.264 e. The fraction of sp³-hybridized carbons (Fsp3) is 0.310. The summed E-state index contributed by atoms with van der Waals surface area (Å²) in [5.41, 5.74) is 1.01. The number of hydrogen-bond donors (Lipinski definition) is 1. The highest BCUT2D eigenvalue weighted by molar-refractivity contribution is 7.92. The van der Waals surface area contributed by atoms with E-state index in [-0.39, 0.29) is 38.8 Å². The number of nitrogens with zero attached hydrogens (tertiary/aromatic N) is 2. The first-order valence-corrected chi connectivity index (χ1v) is 14.9. The van der Waals surface area contributed by atoms with E-state index in [1.54, 1.807) is 18.2 Å². The van der Waals surface area contributed by atoms with E-state index >= 15 is 0 Å². The van der Waals surface area contributed by atoms with E-state index in [9.17, 15) is 22.4 Å². The standard InChI is InChI=1S/C29H32Cl2FN3O4S/c1-5-20(3)33-29(37)21(4)34(17-22-8-6-7-9-26(22)32)28(36)18-35(27-16-23(30)12-15-25(27)31)40(38,39)24-13-10-19(2)11-14-24/h6-16,20-21H,5,17-18H2,1-4H3,(H,33,37)/t20-,21+/m1/s1. The van der Waals surface area contributed by atoms with Gasteiger partial charge >= 0.3 is 0 Å². The summed E-state index contributed by atoms with van der Waals surface area (Å²) in [6.07, 6.45) is 0.662. The molecule has 0 unspecified atom stereocenters. The summed E-state index contributed by atoms with van der Waals surface area (Å²) in [6.45, 7) is 6.08. The predicted molar refractivity (Wildman–Crippen MR) is 156 cm³/mol. The highest BCUT2D eigenvalue weighted by atomic mass is 35.5. The molecule has 0 saturated heterocycles. The van der Waals surface area contributed by atoms with E-state index in [1.807, 2.05) is 20.8 Å². The van der Waals surface area contributed by atoms with Gasteiger partial charge in [0.1, 0.15) is 18.4 Å². The first-order chi connectivity index (χ1) is 18.8. The maximum atomic E-state index is 14.6. The molecule has 3 aromatic carbocycles. The molecule has 3 aromatic rings. The number of benzene rings is 3. The summed E-state index contributed by atoms with van der Waals surface area (Å²) in [7, 11) is -4.32. The van der Waals surface area contributed by atoms with Crippen LogP contribution in [0, 0.1) is 12.7 Å². The second kappa shape index (κ2) is 13.5. The Kier molecular flexibility index (Phi) is 10.6. The molecule has 0 radical (unpaired) electrons. The molecule has 11 heteroatoms. The second-order valence-electron chi connectivity index (χ2n) is 9.53. The Morgan fingerprint density at radius 2 is 1.65 bits per heavy atom. The van der Waals surface area contributed by atoms with E-state index in [0.29, 0.717) is 6.42 Å². The van der Waals surface area contributed by atoms with Crippen molar-refractivity contribution in [3.8, 4) is 0 Å². The molecular formula is C29H32Cl2FN3O4S. The van der Waals surface area contributed by atoms with E-state index in [4.69, 9.17) is 23.2 Å². The Morgan fingerprint density at radius 3 is 2.27 bits per heavy atom. The van der Waals surface area contributed by atoms with Crippen molar-refractivity contribution in [2.45, 2.75) is 57.6 Å². The van der Waals surface area contributed by atoms with Crippen molar-refractivity contribution in [1.29, 1.82) is 0 Å². The molecule has 2 amide bonds.